The molecule has 18 heavy (non-hydrogen) atoms. The molecule has 1 heterocycles. The quantitative estimate of drug-likeness (QED) is 0.784. The van der Waals surface area contributed by atoms with Crippen LogP contribution in [0.5, 0.6) is 0 Å². The van der Waals surface area contributed by atoms with Crippen molar-refractivity contribution in [2.45, 2.75) is 18.5 Å². The van der Waals surface area contributed by atoms with Crippen LogP contribution in [-0.2, 0) is 6.18 Å². The predicted molar refractivity (Wildman–Crippen MR) is 64.4 cm³/mol. The third-order valence-electron chi connectivity index (χ3n) is 2.83. The van der Waals surface area contributed by atoms with Gasteiger partial charge < -0.3 is 4.90 Å². The number of halogens is 3. The average Bonchev–Trinajstić information content (AvgIpc) is 2.73. The minimum absolute atomic E-state index is 0.0204. The Morgan fingerprint density at radius 1 is 1.44 bits per heavy atom. The van der Waals surface area contributed by atoms with Gasteiger partial charge in [0.2, 0.25) is 0 Å². The summed E-state index contributed by atoms with van der Waals surface area (Å²) in [6, 6.07) is 4.58. The lowest BCUT2D eigenvalue weighted by Gasteiger charge is -2.20. The van der Waals surface area contributed by atoms with Crippen molar-refractivity contribution in [1.82, 2.24) is 4.90 Å². The number of thioether (sulfide) groups is 1. The van der Waals surface area contributed by atoms with Gasteiger partial charge >= 0.3 is 6.18 Å². The summed E-state index contributed by atoms with van der Waals surface area (Å²) in [5, 5.41) is 0.0204. The van der Waals surface area contributed by atoms with Crippen molar-refractivity contribution in [3.8, 4) is 0 Å². The molecule has 6 heteroatoms. The number of alkyl halides is 3. The Labute approximate surface area is 107 Å². The van der Waals surface area contributed by atoms with Crippen molar-refractivity contribution >= 4 is 17.7 Å². The molecule has 1 atom stereocenters. The van der Waals surface area contributed by atoms with Gasteiger partial charge in [0, 0.05) is 17.9 Å². The first-order chi connectivity index (χ1) is 8.39. The first-order valence-electron chi connectivity index (χ1n) is 5.49. The van der Waals surface area contributed by atoms with E-state index in [0.717, 1.165) is 17.9 Å². The van der Waals surface area contributed by atoms with Gasteiger partial charge in [0.25, 0.3) is 5.91 Å². The fraction of sp³-hybridized carbons (Fsp3) is 0.417. The number of hydrogen-bond acceptors (Lipinski definition) is 2. The molecule has 0 N–H and O–H groups in total. The van der Waals surface area contributed by atoms with Crippen LogP contribution < -0.4 is 0 Å². The van der Waals surface area contributed by atoms with Crippen molar-refractivity contribution in [2.75, 3.05) is 12.3 Å². The first kappa shape index (κ1) is 13.3. The third-order valence-corrected chi connectivity index (χ3v) is 3.98. The SMILES string of the molecule is CC1SCCN1C(=O)c1cccc(C(F)(F)F)c1. The van der Waals surface area contributed by atoms with E-state index in [9.17, 15) is 18.0 Å². The summed E-state index contributed by atoms with van der Waals surface area (Å²) in [5.41, 5.74) is -0.688. The summed E-state index contributed by atoms with van der Waals surface area (Å²) in [4.78, 5) is 13.7. The second kappa shape index (κ2) is 4.84. The molecule has 1 fully saturated rings. The maximum atomic E-state index is 12.6. The van der Waals surface area contributed by atoms with E-state index in [1.165, 1.54) is 12.1 Å². The number of rotatable bonds is 1. The van der Waals surface area contributed by atoms with E-state index in [2.05, 4.69) is 0 Å². The molecule has 98 valence electrons. The summed E-state index contributed by atoms with van der Waals surface area (Å²) in [6.07, 6.45) is -4.42. The summed E-state index contributed by atoms with van der Waals surface area (Å²) >= 11 is 1.62. The van der Waals surface area contributed by atoms with E-state index < -0.39 is 11.7 Å². The van der Waals surface area contributed by atoms with Crippen LogP contribution in [0.25, 0.3) is 0 Å². The fourth-order valence-corrected chi connectivity index (χ4v) is 2.88. The van der Waals surface area contributed by atoms with Crippen LogP contribution in [0.2, 0.25) is 0 Å². The van der Waals surface area contributed by atoms with E-state index in [-0.39, 0.29) is 16.8 Å². The third kappa shape index (κ3) is 2.63. The predicted octanol–water partition coefficient (Wildman–Crippen LogP) is 3.24. The van der Waals surface area contributed by atoms with Crippen molar-refractivity contribution < 1.29 is 18.0 Å². The van der Waals surface area contributed by atoms with Crippen LogP contribution in [0.3, 0.4) is 0 Å². The maximum Gasteiger partial charge on any atom is 0.416 e. The Balaban J connectivity index is 2.26. The standard InChI is InChI=1S/C12H12F3NOS/c1-8-16(5-6-18-8)11(17)9-3-2-4-10(7-9)12(13,14)15/h2-4,7-8H,5-6H2,1H3. The smallest absolute Gasteiger partial charge is 0.326 e. The van der Waals surface area contributed by atoms with Crippen molar-refractivity contribution in [2.24, 2.45) is 0 Å². The van der Waals surface area contributed by atoms with Gasteiger partial charge in [0.15, 0.2) is 0 Å². The number of amides is 1. The number of nitrogens with zero attached hydrogens (tertiary/aromatic N) is 1. The molecule has 1 aliphatic rings. The summed E-state index contributed by atoms with van der Waals surface area (Å²) in [7, 11) is 0. The minimum atomic E-state index is -4.42. The van der Waals surface area contributed by atoms with Crippen LogP contribution in [0.4, 0.5) is 13.2 Å². The Bertz CT molecular complexity index is 461. The second-order valence-electron chi connectivity index (χ2n) is 4.05. The molecule has 2 rings (SSSR count). The van der Waals surface area contributed by atoms with Gasteiger partial charge in [-0.3, -0.25) is 4.79 Å². The van der Waals surface area contributed by atoms with Crippen molar-refractivity contribution in [3.63, 3.8) is 0 Å². The molecule has 0 spiro atoms. The topological polar surface area (TPSA) is 20.3 Å². The number of benzene rings is 1. The molecule has 1 aliphatic heterocycles. The van der Waals surface area contributed by atoms with E-state index in [0.29, 0.717) is 6.54 Å². The molecule has 1 aromatic carbocycles. The van der Waals surface area contributed by atoms with Gasteiger partial charge in [-0.1, -0.05) is 6.07 Å². The molecular weight excluding hydrogens is 263 g/mol. The van der Waals surface area contributed by atoms with Crippen LogP contribution in [0.15, 0.2) is 24.3 Å². The lowest BCUT2D eigenvalue weighted by molar-refractivity contribution is -0.137. The van der Waals surface area contributed by atoms with Gasteiger partial charge in [0.05, 0.1) is 10.9 Å². The summed E-state index contributed by atoms with van der Waals surface area (Å²) in [5.74, 6) is 0.491. The molecule has 0 radical (unpaired) electrons. The lowest BCUT2D eigenvalue weighted by Crippen LogP contribution is -2.33. The average molecular weight is 275 g/mol. The molecule has 0 saturated carbocycles. The molecule has 1 amide bonds. The Morgan fingerprint density at radius 3 is 2.72 bits per heavy atom. The molecule has 1 saturated heterocycles. The largest absolute Gasteiger partial charge is 0.416 e. The molecule has 1 aromatic rings. The Kier molecular flexibility index (Phi) is 3.56. The van der Waals surface area contributed by atoms with E-state index in [1.54, 1.807) is 16.7 Å². The second-order valence-corrected chi connectivity index (χ2v) is 5.47. The van der Waals surface area contributed by atoms with Crippen LogP contribution in [-0.4, -0.2) is 28.5 Å². The van der Waals surface area contributed by atoms with E-state index in [1.807, 2.05) is 6.92 Å². The zero-order valence-corrected chi connectivity index (χ0v) is 10.5. The highest BCUT2D eigenvalue weighted by Crippen LogP contribution is 2.31. The number of carbonyl (C=O) groups excluding carboxylic acids is 1. The molecule has 1 unspecified atom stereocenters. The zero-order valence-electron chi connectivity index (χ0n) is 9.70. The lowest BCUT2D eigenvalue weighted by atomic mass is 10.1. The molecule has 0 aliphatic carbocycles. The van der Waals surface area contributed by atoms with Crippen LogP contribution in [0.1, 0.15) is 22.8 Å². The minimum Gasteiger partial charge on any atom is -0.326 e. The van der Waals surface area contributed by atoms with E-state index in [4.69, 9.17) is 0 Å². The monoisotopic (exact) mass is 275 g/mol. The van der Waals surface area contributed by atoms with Gasteiger partial charge in [0.1, 0.15) is 0 Å². The van der Waals surface area contributed by atoms with Crippen LogP contribution >= 0.6 is 11.8 Å². The van der Waals surface area contributed by atoms with Gasteiger partial charge in [-0.25, -0.2) is 0 Å². The highest BCUT2D eigenvalue weighted by molar-refractivity contribution is 8.00. The summed E-state index contributed by atoms with van der Waals surface area (Å²) in [6.45, 7) is 2.46. The Hall–Kier alpha value is -1.17. The highest BCUT2D eigenvalue weighted by atomic mass is 32.2. The number of hydrogen-bond donors (Lipinski definition) is 0. The maximum absolute atomic E-state index is 12.6. The van der Waals surface area contributed by atoms with Gasteiger partial charge in [-0.05, 0) is 25.1 Å². The van der Waals surface area contributed by atoms with Crippen molar-refractivity contribution in [1.29, 1.82) is 0 Å². The first-order valence-corrected chi connectivity index (χ1v) is 6.54. The molecular formula is C12H12F3NOS. The molecule has 0 aromatic heterocycles. The van der Waals surface area contributed by atoms with E-state index >= 15 is 0 Å². The zero-order chi connectivity index (χ0) is 13.3. The fourth-order valence-electron chi connectivity index (χ4n) is 1.85. The van der Waals surface area contributed by atoms with Gasteiger partial charge in [-0.2, -0.15) is 13.2 Å². The molecule has 0 bridgehead atoms. The number of carbonyl (C=O) groups is 1. The summed E-state index contributed by atoms with van der Waals surface area (Å²) < 4.78 is 37.7. The molecule has 2 nitrogen and oxygen atoms in total. The van der Waals surface area contributed by atoms with Crippen LogP contribution in [0, 0.1) is 0 Å². The Morgan fingerprint density at radius 2 is 2.17 bits per heavy atom. The highest BCUT2D eigenvalue weighted by Gasteiger charge is 2.32. The van der Waals surface area contributed by atoms with Crippen molar-refractivity contribution in [3.05, 3.63) is 35.4 Å². The van der Waals surface area contributed by atoms with Gasteiger partial charge in [-0.15, -0.1) is 11.8 Å². The normalized spacial score (nSPS) is 20.2.